The molecule has 1 aliphatic rings. The summed E-state index contributed by atoms with van der Waals surface area (Å²) in [5, 5.41) is 12.7. The molecule has 7 heteroatoms. The molecular formula is C21H29IN4O2. The molecule has 0 unspecified atom stereocenters. The molecule has 1 aliphatic heterocycles. The SMILES string of the molecule is COc1ccc(NC(N)=NCc2ccc(CN3CCC(O)CC3)cc2)cc1.I. The molecule has 0 atom stereocenters. The molecule has 2 aromatic carbocycles. The Morgan fingerprint density at radius 3 is 2.32 bits per heavy atom. The first kappa shape index (κ1) is 22.4. The summed E-state index contributed by atoms with van der Waals surface area (Å²) in [6, 6.07) is 16.0. The molecule has 0 bridgehead atoms. The number of methoxy groups -OCH3 is 1. The van der Waals surface area contributed by atoms with E-state index in [0.717, 1.165) is 49.5 Å². The number of aliphatic hydroxyl groups is 1. The number of nitrogens with zero attached hydrogens (tertiary/aromatic N) is 2. The van der Waals surface area contributed by atoms with E-state index in [-0.39, 0.29) is 30.1 Å². The van der Waals surface area contributed by atoms with Gasteiger partial charge in [-0.3, -0.25) is 4.90 Å². The average Bonchev–Trinajstić information content (AvgIpc) is 2.70. The van der Waals surface area contributed by atoms with Crippen LogP contribution in [0.4, 0.5) is 5.69 Å². The lowest BCUT2D eigenvalue weighted by atomic mass is 10.1. The lowest BCUT2D eigenvalue weighted by molar-refractivity contribution is 0.0792. The Hall–Kier alpha value is -1.84. The van der Waals surface area contributed by atoms with E-state index >= 15 is 0 Å². The summed E-state index contributed by atoms with van der Waals surface area (Å²) in [5.74, 6) is 1.19. The molecule has 1 fully saturated rings. The van der Waals surface area contributed by atoms with E-state index in [0.29, 0.717) is 12.5 Å². The van der Waals surface area contributed by atoms with Gasteiger partial charge in [-0.05, 0) is 48.2 Å². The number of hydrogen-bond acceptors (Lipinski definition) is 4. The number of ether oxygens (including phenoxy) is 1. The maximum absolute atomic E-state index is 9.59. The van der Waals surface area contributed by atoms with Crippen molar-refractivity contribution >= 4 is 35.6 Å². The van der Waals surface area contributed by atoms with Crippen molar-refractivity contribution < 1.29 is 9.84 Å². The van der Waals surface area contributed by atoms with Crippen molar-refractivity contribution in [1.29, 1.82) is 0 Å². The summed E-state index contributed by atoms with van der Waals surface area (Å²) in [6.45, 7) is 3.38. The smallest absolute Gasteiger partial charge is 0.193 e. The highest BCUT2D eigenvalue weighted by molar-refractivity contribution is 14.0. The van der Waals surface area contributed by atoms with E-state index < -0.39 is 0 Å². The van der Waals surface area contributed by atoms with Crippen molar-refractivity contribution in [3.63, 3.8) is 0 Å². The third-order valence-corrected chi connectivity index (χ3v) is 4.78. The lowest BCUT2D eigenvalue weighted by Gasteiger charge is -2.29. The molecule has 1 heterocycles. The molecule has 4 N–H and O–H groups in total. The molecule has 28 heavy (non-hydrogen) atoms. The van der Waals surface area contributed by atoms with Crippen molar-refractivity contribution in [2.24, 2.45) is 10.7 Å². The van der Waals surface area contributed by atoms with Gasteiger partial charge < -0.3 is 20.9 Å². The Morgan fingerprint density at radius 1 is 1.11 bits per heavy atom. The van der Waals surface area contributed by atoms with E-state index in [2.05, 4.69) is 39.5 Å². The van der Waals surface area contributed by atoms with E-state index in [1.54, 1.807) is 7.11 Å². The van der Waals surface area contributed by atoms with Crippen LogP contribution in [0.1, 0.15) is 24.0 Å². The molecule has 1 saturated heterocycles. The van der Waals surface area contributed by atoms with Gasteiger partial charge in [0.05, 0.1) is 19.8 Å². The number of nitrogens with two attached hydrogens (primary N) is 1. The van der Waals surface area contributed by atoms with Gasteiger partial charge in [0.1, 0.15) is 5.75 Å². The van der Waals surface area contributed by atoms with Crippen LogP contribution in [0.25, 0.3) is 0 Å². The van der Waals surface area contributed by atoms with Crippen molar-refractivity contribution in [2.75, 3.05) is 25.5 Å². The number of aliphatic imine (C=N–C) groups is 1. The van der Waals surface area contributed by atoms with Crippen LogP contribution in [0.2, 0.25) is 0 Å². The molecule has 0 amide bonds. The minimum Gasteiger partial charge on any atom is -0.497 e. The topological polar surface area (TPSA) is 83.1 Å². The van der Waals surface area contributed by atoms with E-state index in [1.807, 2.05) is 24.3 Å². The summed E-state index contributed by atoms with van der Waals surface area (Å²) in [5.41, 5.74) is 9.24. The number of nitrogens with one attached hydrogen (secondary N) is 1. The third kappa shape index (κ3) is 6.96. The number of benzene rings is 2. The number of piperidine rings is 1. The molecule has 3 rings (SSSR count). The number of hydrogen-bond donors (Lipinski definition) is 3. The van der Waals surface area contributed by atoms with Crippen LogP contribution in [-0.2, 0) is 13.1 Å². The van der Waals surface area contributed by atoms with Crippen LogP contribution in [0.5, 0.6) is 5.75 Å². The fraction of sp³-hybridized carbons (Fsp3) is 0.381. The maximum Gasteiger partial charge on any atom is 0.193 e. The number of rotatable bonds is 6. The molecule has 152 valence electrons. The minimum absolute atomic E-state index is 0. The predicted octanol–water partition coefficient (Wildman–Crippen LogP) is 3.20. The number of anilines is 1. The summed E-state index contributed by atoms with van der Waals surface area (Å²) in [4.78, 5) is 6.79. The van der Waals surface area contributed by atoms with Crippen LogP contribution < -0.4 is 15.8 Å². The van der Waals surface area contributed by atoms with Gasteiger partial charge in [-0.2, -0.15) is 0 Å². The number of likely N-dealkylation sites (tertiary alicyclic amines) is 1. The molecule has 0 spiro atoms. The summed E-state index contributed by atoms with van der Waals surface area (Å²) in [6.07, 6.45) is 1.61. The van der Waals surface area contributed by atoms with Crippen molar-refractivity contribution in [3.8, 4) is 5.75 Å². The summed E-state index contributed by atoms with van der Waals surface area (Å²) in [7, 11) is 1.64. The second kappa shape index (κ2) is 11.2. The average molecular weight is 496 g/mol. The Labute approximate surface area is 183 Å². The zero-order valence-corrected chi connectivity index (χ0v) is 18.5. The van der Waals surface area contributed by atoms with Gasteiger partial charge >= 0.3 is 0 Å². The van der Waals surface area contributed by atoms with Gasteiger partial charge in [-0.25, -0.2) is 4.99 Å². The van der Waals surface area contributed by atoms with Crippen LogP contribution >= 0.6 is 24.0 Å². The third-order valence-electron chi connectivity index (χ3n) is 4.78. The fourth-order valence-electron chi connectivity index (χ4n) is 3.12. The Bertz CT molecular complexity index is 742. The van der Waals surface area contributed by atoms with Crippen LogP contribution in [0.15, 0.2) is 53.5 Å². The maximum atomic E-state index is 9.59. The van der Waals surface area contributed by atoms with Crippen molar-refractivity contribution in [2.45, 2.75) is 32.0 Å². The standard InChI is InChI=1S/C21H28N4O2.HI/c1-27-20-8-6-18(7-9-20)24-21(22)23-14-16-2-4-17(5-3-16)15-25-12-10-19(26)11-13-25;/h2-9,19,26H,10-15H2,1H3,(H3,22,23,24);1H. The van der Waals surface area contributed by atoms with E-state index in [4.69, 9.17) is 10.5 Å². The highest BCUT2D eigenvalue weighted by Gasteiger charge is 2.16. The first-order valence-corrected chi connectivity index (χ1v) is 9.31. The first-order chi connectivity index (χ1) is 13.1. The first-order valence-electron chi connectivity index (χ1n) is 9.31. The van der Waals surface area contributed by atoms with Gasteiger partial charge in [0.15, 0.2) is 5.96 Å². The monoisotopic (exact) mass is 496 g/mol. The van der Waals surface area contributed by atoms with Gasteiger partial charge in [-0.1, -0.05) is 24.3 Å². The highest BCUT2D eigenvalue weighted by Crippen LogP contribution is 2.16. The number of guanidine groups is 1. The highest BCUT2D eigenvalue weighted by atomic mass is 127. The predicted molar refractivity (Wildman–Crippen MR) is 124 cm³/mol. The molecule has 0 saturated carbocycles. The van der Waals surface area contributed by atoms with Gasteiger partial charge in [-0.15, -0.1) is 24.0 Å². The molecule has 0 radical (unpaired) electrons. The normalized spacial score (nSPS) is 15.7. The second-order valence-electron chi connectivity index (χ2n) is 6.88. The number of halogens is 1. The molecule has 6 nitrogen and oxygen atoms in total. The quantitative estimate of drug-likeness (QED) is 0.325. The van der Waals surface area contributed by atoms with Crippen LogP contribution in [0, 0.1) is 0 Å². The molecule has 0 aliphatic carbocycles. The Balaban J connectivity index is 0.00000280. The summed E-state index contributed by atoms with van der Waals surface area (Å²) >= 11 is 0. The lowest BCUT2D eigenvalue weighted by Crippen LogP contribution is -2.35. The molecular weight excluding hydrogens is 467 g/mol. The van der Waals surface area contributed by atoms with Crippen LogP contribution in [0.3, 0.4) is 0 Å². The number of aliphatic hydroxyl groups excluding tert-OH is 1. The van der Waals surface area contributed by atoms with Crippen molar-refractivity contribution in [3.05, 3.63) is 59.7 Å². The Morgan fingerprint density at radius 2 is 1.71 bits per heavy atom. The van der Waals surface area contributed by atoms with Gasteiger partial charge in [0.25, 0.3) is 0 Å². The molecule has 2 aromatic rings. The van der Waals surface area contributed by atoms with E-state index in [9.17, 15) is 5.11 Å². The minimum atomic E-state index is -0.126. The van der Waals surface area contributed by atoms with E-state index in [1.165, 1.54) is 5.56 Å². The summed E-state index contributed by atoms with van der Waals surface area (Å²) < 4.78 is 5.14. The van der Waals surface area contributed by atoms with Crippen molar-refractivity contribution in [1.82, 2.24) is 4.90 Å². The second-order valence-corrected chi connectivity index (χ2v) is 6.88. The van der Waals surface area contributed by atoms with Gasteiger partial charge in [0, 0.05) is 25.3 Å². The van der Waals surface area contributed by atoms with Gasteiger partial charge in [0.2, 0.25) is 0 Å². The fourth-order valence-corrected chi connectivity index (χ4v) is 3.12. The van der Waals surface area contributed by atoms with Crippen LogP contribution in [-0.4, -0.2) is 42.3 Å². The molecule has 0 aromatic heterocycles. The Kier molecular flexibility index (Phi) is 9.01. The zero-order chi connectivity index (χ0) is 19.1. The zero-order valence-electron chi connectivity index (χ0n) is 16.2. The largest absolute Gasteiger partial charge is 0.497 e.